The number of fused-ring (bicyclic) bond motifs is 3. The molecule has 0 aliphatic heterocycles. The van der Waals surface area contributed by atoms with Crippen LogP contribution in [0.4, 0.5) is 5.13 Å². The number of thiazole rings is 1. The van der Waals surface area contributed by atoms with E-state index in [9.17, 15) is 14.4 Å². The van der Waals surface area contributed by atoms with Crippen molar-refractivity contribution < 1.29 is 18.4 Å². The van der Waals surface area contributed by atoms with Gasteiger partial charge in [-0.05, 0) is 24.3 Å². The first kappa shape index (κ1) is 20.6. The number of carbonyl (C=O) groups is 2. The third-order valence-corrected chi connectivity index (χ3v) is 5.60. The SMILES string of the molecule is CC(=O)NCc1ccc(-c2csc(NC(=O)Cn3cnc4c(oc5ccccc54)c3=O)n2)o1. The fraction of sp³-hybridized carbons (Fsp3) is 0.136. The number of nitrogens with zero attached hydrogens (tertiary/aromatic N) is 3. The van der Waals surface area contributed by atoms with Crippen molar-refractivity contribution in [2.24, 2.45) is 0 Å². The first-order chi connectivity index (χ1) is 16.0. The summed E-state index contributed by atoms with van der Waals surface area (Å²) in [6.07, 6.45) is 1.33. The molecule has 10 nitrogen and oxygen atoms in total. The molecule has 0 atom stereocenters. The summed E-state index contributed by atoms with van der Waals surface area (Å²) in [4.78, 5) is 45.0. The minimum absolute atomic E-state index is 0.107. The van der Waals surface area contributed by atoms with Crippen molar-refractivity contribution in [3.05, 3.63) is 64.2 Å². The molecule has 5 rings (SSSR count). The number of furan rings is 2. The van der Waals surface area contributed by atoms with Gasteiger partial charge in [0, 0.05) is 17.7 Å². The van der Waals surface area contributed by atoms with Gasteiger partial charge >= 0.3 is 0 Å². The molecular formula is C22H17N5O5S. The van der Waals surface area contributed by atoms with Crippen molar-refractivity contribution in [3.8, 4) is 11.5 Å². The van der Waals surface area contributed by atoms with Crippen LogP contribution in [-0.2, 0) is 22.7 Å². The summed E-state index contributed by atoms with van der Waals surface area (Å²) in [6.45, 7) is 1.47. The number of anilines is 1. The molecule has 11 heteroatoms. The van der Waals surface area contributed by atoms with Crippen LogP contribution in [0.25, 0.3) is 33.5 Å². The molecule has 0 saturated carbocycles. The third kappa shape index (κ3) is 4.13. The summed E-state index contributed by atoms with van der Waals surface area (Å²) in [6, 6.07) is 10.7. The molecule has 2 N–H and O–H groups in total. The lowest BCUT2D eigenvalue weighted by molar-refractivity contribution is -0.119. The molecule has 0 radical (unpaired) electrons. The average Bonchev–Trinajstić information content (AvgIpc) is 3.52. The van der Waals surface area contributed by atoms with E-state index >= 15 is 0 Å². The van der Waals surface area contributed by atoms with Crippen LogP contribution in [0, 0.1) is 0 Å². The Labute approximate surface area is 189 Å². The van der Waals surface area contributed by atoms with Crippen LogP contribution in [0.15, 0.2) is 61.7 Å². The van der Waals surface area contributed by atoms with Gasteiger partial charge in [-0.3, -0.25) is 19.0 Å². The fourth-order valence-corrected chi connectivity index (χ4v) is 4.02. The number of para-hydroxylation sites is 1. The van der Waals surface area contributed by atoms with E-state index < -0.39 is 11.5 Å². The highest BCUT2D eigenvalue weighted by Gasteiger charge is 2.16. The molecule has 0 aliphatic rings. The molecule has 166 valence electrons. The van der Waals surface area contributed by atoms with E-state index in [1.54, 1.807) is 23.6 Å². The summed E-state index contributed by atoms with van der Waals surface area (Å²) in [5, 5.41) is 8.19. The van der Waals surface area contributed by atoms with Gasteiger partial charge in [0.1, 0.15) is 29.1 Å². The molecule has 0 fully saturated rings. The van der Waals surface area contributed by atoms with E-state index in [-0.39, 0.29) is 24.6 Å². The van der Waals surface area contributed by atoms with Gasteiger partial charge in [-0.1, -0.05) is 12.1 Å². The number of amides is 2. The Kier molecular flexibility index (Phi) is 5.23. The second-order valence-electron chi connectivity index (χ2n) is 7.22. The van der Waals surface area contributed by atoms with Crippen molar-refractivity contribution in [2.45, 2.75) is 20.0 Å². The normalized spacial score (nSPS) is 11.2. The van der Waals surface area contributed by atoms with E-state index in [4.69, 9.17) is 8.83 Å². The van der Waals surface area contributed by atoms with E-state index in [1.165, 1.54) is 29.2 Å². The topological polar surface area (TPSA) is 132 Å². The molecule has 0 unspecified atom stereocenters. The average molecular weight is 463 g/mol. The molecule has 4 heterocycles. The van der Waals surface area contributed by atoms with Gasteiger partial charge in [0.05, 0.1) is 12.9 Å². The molecule has 1 aromatic carbocycles. The van der Waals surface area contributed by atoms with Crippen LogP contribution in [0.5, 0.6) is 0 Å². The summed E-state index contributed by atoms with van der Waals surface area (Å²) in [7, 11) is 0. The molecule has 0 aliphatic carbocycles. The van der Waals surface area contributed by atoms with Crippen LogP contribution in [0.3, 0.4) is 0 Å². The molecule has 0 saturated heterocycles. The highest BCUT2D eigenvalue weighted by Crippen LogP contribution is 2.27. The minimum atomic E-state index is -0.437. The van der Waals surface area contributed by atoms with Crippen LogP contribution < -0.4 is 16.2 Å². The van der Waals surface area contributed by atoms with Gasteiger partial charge in [-0.25, -0.2) is 9.97 Å². The molecule has 0 spiro atoms. The van der Waals surface area contributed by atoms with Gasteiger partial charge < -0.3 is 19.5 Å². The summed E-state index contributed by atoms with van der Waals surface area (Å²) >= 11 is 1.23. The number of nitrogens with one attached hydrogen (secondary N) is 2. The summed E-state index contributed by atoms with van der Waals surface area (Å²) < 4.78 is 12.5. The number of hydrogen-bond acceptors (Lipinski definition) is 8. The lowest BCUT2D eigenvalue weighted by atomic mass is 10.2. The van der Waals surface area contributed by atoms with Gasteiger partial charge in [-0.15, -0.1) is 11.3 Å². The Morgan fingerprint density at radius 1 is 1.15 bits per heavy atom. The largest absolute Gasteiger partial charge is 0.458 e. The number of rotatable bonds is 6. The first-order valence-corrected chi connectivity index (χ1v) is 10.8. The van der Waals surface area contributed by atoms with Crippen molar-refractivity contribution >= 4 is 50.4 Å². The van der Waals surface area contributed by atoms with Crippen LogP contribution in [0.1, 0.15) is 12.7 Å². The number of benzene rings is 1. The highest BCUT2D eigenvalue weighted by atomic mass is 32.1. The predicted molar refractivity (Wildman–Crippen MR) is 122 cm³/mol. The Morgan fingerprint density at radius 3 is 2.85 bits per heavy atom. The second kappa shape index (κ2) is 8.36. The zero-order valence-electron chi connectivity index (χ0n) is 17.3. The standard InChI is InChI=1S/C22H17N5O5S/c1-12(28)23-8-13-6-7-17(31-13)15-10-33-22(25-15)26-18(29)9-27-11-24-19-14-4-2-3-5-16(14)32-20(19)21(27)30/h2-7,10-11H,8-9H2,1H3,(H,23,28)(H,25,26,29). The molecule has 5 aromatic rings. The van der Waals surface area contributed by atoms with Gasteiger partial charge in [0.15, 0.2) is 10.9 Å². The maximum absolute atomic E-state index is 12.8. The van der Waals surface area contributed by atoms with E-state index in [1.807, 2.05) is 18.2 Å². The van der Waals surface area contributed by atoms with Crippen molar-refractivity contribution in [2.75, 3.05) is 5.32 Å². The monoisotopic (exact) mass is 463 g/mol. The number of aromatic nitrogens is 3. The zero-order valence-corrected chi connectivity index (χ0v) is 18.1. The van der Waals surface area contributed by atoms with Crippen molar-refractivity contribution in [1.82, 2.24) is 19.9 Å². The summed E-state index contributed by atoms with van der Waals surface area (Å²) in [5.74, 6) is 0.524. The van der Waals surface area contributed by atoms with Crippen LogP contribution >= 0.6 is 11.3 Å². The van der Waals surface area contributed by atoms with Gasteiger partial charge in [0.25, 0.3) is 5.56 Å². The van der Waals surface area contributed by atoms with Gasteiger partial charge in [0.2, 0.25) is 17.4 Å². The van der Waals surface area contributed by atoms with Crippen LogP contribution in [0.2, 0.25) is 0 Å². The quantitative estimate of drug-likeness (QED) is 0.395. The van der Waals surface area contributed by atoms with Gasteiger partial charge in [-0.2, -0.15) is 0 Å². The smallest absolute Gasteiger partial charge is 0.297 e. The molecule has 2 amide bonds. The maximum atomic E-state index is 12.8. The zero-order chi connectivity index (χ0) is 22.9. The molecule has 4 aromatic heterocycles. The second-order valence-corrected chi connectivity index (χ2v) is 8.07. The fourth-order valence-electron chi connectivity index (χ4n) is 3.31. The lowest BCUT2D eigenvalue weighted by Gasteiger charge is -2.04. The van der Waals surface area contributed by atoms with E-state index in [0.717, 1.165) is 5.39 Å². The van der Waals surface area contributed by atoms with E-state index in [2.05, 4.69) is 20.6 Å². The Bertz CT molecular complexity index is 1560. The Balaban J connectivity index is 1.29. The van der Waals surface area contributed by atoms with Crippen molar-refractivity contribution in [3.63, 3.8) is 0 Å². The Hall–Kier alpha value is -4.25. The lowest BCUT2D eigenvalue weighted by Crippen LogP contribution is -2.27. The first-order valence-electron chi connectivity index (χ1n) is 9.93. The van der Waals surface area contributed by atoms with Crippen molar-refractivity contribution in [1.29, 1.82) is 0 Å². The minimum Gasteiger partial charge on any atom is -0.458 e. The molecule has 33 heavy (non-hydrogen) atoms. The maximum Gasteiger partial charge on any atom is 0.297 e. The highest BCUT2D eigenvalue weighted by molar-refractivity contribution is 7.14. The van der Waals surface area contributed by atoms with Crippen LogP contribution in [-0.4, -0.2) is 26.3 Å². The predicted octanol–water partition coefficient (Wildman–Crippen LogP) is 3.13. The van der Waals surface area contributed by atoms with E-state index in [0.29, 0.717) is 33.4 Å². The number of hydrogen-bond donors (Lipinski definition) is 2. The molecular weight excluding hydrogens is 446 g/mol. The Morgan fingerprint density at radius 2 is 2.00 bits per heavy atom. The third-order valence-electron chi connectivity index (χ3n) is 4.84. The molecule has 0 bridgehead atoms. The summed E-state index contributed by atoms with van der Waals surface area (Å²) in [5.41, 5.74) is 1.25. The number of carbonyl (C=O) groups excluding carboxylic acids is 2.